The maximum atomic E-state index is 14.0. The molecule has 0 saturated heterocycles. The standard InChI is InChI=1S/C29H33BrClN3O4S/c1-21(2)18-32-29(36)27(16-22-9-5-4-6-10-22)33(19-23-11-7-13-25(31)15-23)28(35)20-34(39(3,37)38)26-14-8-12-24(30)17-26/h4-15,17,21,27H,16,18-20H2,1-3H3,(H,32,36)/t27-/m1/s1. The second kappa shape index (κ2) is 14.0. The van der Waals surface area contributed by atoms with Gasteiger partial charge in [0.2, 0.25) is 21.8 Å². The summed E-state index contributed by atoms with van der Waals surface area (Å²) in [4.78, 5) is 29.0. The van der Waals surface area contributed by atoms with E-state index < -0.39 is 28.5 Å². The first-order valence-electron chi connectivity index (χ1n) is 12.5. The monoisotopic (exact) mass is 633 g/mol. The Balaban J connectivity index is 2.05. The van der Waals surface area contributed by atoms with Crippen molar-refractivity contribution in [3.05, 3.63) is 99.5 Å². The molecule has 1 atom stereocenters. The third-order valence-electron chi connectivity index (χ3n) is 5.97. The van der Waals surface area contributed by atoms with Crippen LogP contribution in [0.25, 0.3) is 0 Å². The normalized spacial score (nSPS) is 12.2. The summed E-state index contributed by atoms with van der Waals surface area (Å²) in [5.41, 5.74) is 1.93. The lowest BCUT2D eigenvalue weighted by molar-refractivity contribution is -0.140. The minimum atomic E-state index is -3.83. The van der Waals surface area contributed by atoms with Gasteiger partial charge in [-0.15, -0.1) is 0 Å². The smallest absolute Gasteiger partial charge is 0.244 e. The lowest BCUT2D eigenvalue weighted by Gasteiger charge is -2.33. The molecule has 0 aliphatic carbocycles. The molecule has 0 spiro atoms. The van der Waals surface area contributed by atoms with E-state index in [0.29, 0.717) is 21.7 Å². The Morgan fingerprint density at radius 2 is 1.62 bits per heavy atom. The van der Waals surface area contributed by atoms with Crippen LogP contribution in [0.1, 0.15) is 25.0 Å². The first-order valence-corrected chi connectivity index (χ1v) is 15.5. The van der Waals surface area contributed by atoms with Crippen LogP contribution in [0.2, 0.25) is 5.02 Å². The number of hydrogen-bond acceptors (Lipinski definition) is 4. The molecular formula is C29H33BrClN3O4S. The van der Waals surface area contributed by atoms with Crippen LogP contribution in [0, 0.1) is 5.92 Å². The Kier molecular flexibility index (Phi) is 11.0. The summed E-state index contributed by atoms with van der Waals surface area (Å²) in [6.45, 7) is 4.02. The number of sulfonamides is 1. The molecule has 3 aromatic rings. The third kappa shape index (κ3) is 9.37. The summed E-state index contributed by atoms with van der Waals surface area (Å²) >= 11 is 9.60. The number of benzene rings is 3. The molecule has 208 valence electrons. The minimum Gasteiger partial charge on any atom is -0.354 e. The van der Waals surface area contributed by atoms with E-state index in [9.17, 15) is 18.0 Å². The van der Waals surface area contributed by atoms with Crippen molar-refractivity contribution in [3.63, 3.8) is 0 Å². The molecule has 3 aromatic carbocycles. The van der Waals surface area contributed by atoms with Crippen LogP contribution in [0.4, 0.5) is 5.69 Å². The van der Waals surface area contributed by atoms with Gasteiger partial charge in [-0.05, 0) is 47.4 Å². The summed E-state index contributed by atoms with van der Waals surface area (Å²) in [5.74, 6) is -0.613. The second-order valence-corrected chi connectivity index (χ2v) is 13.0. The van der Waals surface area contributed by atoms with Crippen molar-refractivity contribution in [2.75, 3.05) is 23.7 Å². The summed E-state index contributed by atoms with van der Waals surface area (Å²) in [6.07, 6.45) is 1.31. The van der Waals surface area contributed by atoms with E-state index >= 15 is 0 Å². The van der Waals surface area contributed by atoms with E-state index in [0.717, 1.165) is 21.7 Å². The second-order valence-electron chi connectivity index (χ2n) is 9.75. The van der Waals surface area contributed by atoms with Crippen molar-refractivity contribution >= 4 is 55.1 Å². The highest BCUT2D eigenvalue weighted by atomic mass is 79.9. The highest BCUT2D eigenvalue weighted by Crippen LogP contribution is 2.24. The highest BCUT2D eigenvalue weighted by molar-refractivity contribution is 9.10. The average Bonchev–Trinajstić information content (AvgIpc) is 2.87. The van der Waals surface area contributed by atoms with E-state index in [1.165, 1.54) is 4.90 Å². The molecule has 1 N–H and O–H groups in total. The van der Waals surface area contributed by atoms with Crippen molar-refractivity contribution in [2.24, 2.45) is 5.92 Å². The van der Waals surface area contributed by atoms with E-state index in [1.54, 1.807) is 42.5 Å². The SMILES string of the molecule is CC(C)CNC(=O)[C@@H](Cc1ccccc1)N(Cc1cccc(Cl)c1)C(=O)CN(c1cccc(Br)c1)S(C)(=O)=O. The van der Waals surface area contributed by atoms with Crippen LogP contribution in [-0.4, -0.2) is 50.5 Å². The molecule has 39 heavy (non-hydrogen) atoms. The fourth-order valence-electron chi connectivity index (χ4n) is 4.05. The van der Waals surface area contributed by atoms with Gasteiger partial charge in [0.15, 0.2) is 0 Å². The first-order chi connectivity index (χ1) is 18.4. The van der Waals surface area contributed by atoms with Crippen molar-refractivity contribution in [2.45, 2.75) is 32.9 Å². The molecule has 7 nitrogen and oxygen atoms in total. The maximum Gasteiger partial charge on any atom is 0.244 e. The van der Waals surface area contributed by atoms with Gasteiger partial charge in [0.1, 0.15) is 12.6 Å². The molecule has 0 bridgehead atoms. The van der Waals surface area contributed by atoms with Gasteiger partial charge in [-0.3, -0.25) is 13.9 Å². The van der Waals surface area contributed by atoms with Gasteiger partial charge in [0, 0.05) is 29.0 Å². The largest absolute Gasteiger partial charge is 0.354 e. The summed E-state index contributed by atoms with van der Waals surface area (Å²) in [7, 11) is -3.83. The van der Waals surface area contributed by atoms with Crippen LogP contribution in [0.5, 0.6) is 0 Å². The predicted molar refractivity (Wildman–Crippen MR) is 160 cm³/mol. The van der Waals surface area contributed by atoms with Gasteiger partial charge in [-0.2, -0.15) is 0 Å². The van der Waals surface area contributed by atoms with Crippen LogP contribution < -0.4 is 9.62 Å². The Labute approximate surface area is 244 Å². The Bertz CT molecular complexity index is 1390. The Morgan fingerprint density at radius 3 is 2.23 bits per heavy atom. The number of carbonyl (C=O) groups excluding carboxylic acids is 2. The zero-order chi connectivity index (χ0) is 28.6. The molecule has 10 heteroatoms. The van der Waals surface area contributed by atoms with Crippen LogP contribution in [0.3, 0.4) is 0 Å². The number of nitrogens with zero attached hydrogens (tertiary/aromatic N) is 2. The fourth-order valence-corrected chi connectivity index (χ4v) is 5.49. The number of anilines is 1. The van der Waals surface area contributed by atoms with Crippen LogP contribution in [-0.2, 0) is 32.6 Å². The number of rotatable bonds is 12. The molecule has 0 fully saturated rings. The first kappa shape index (κ1) is 30.7. The average molecular weight is 635 g/mol. The zero-order valence-electron chi connectivity index (χ0n) is 22.2. The number of carbonyl (C=O) groups is 2. The van der Waals surface area contributed by atoms with Crippen molar-refractivity contribution in [1.29, 1.82) is 0 Å². The van der Waals surface area contributed by atoms with Gasteiger partial charge in [-0.25, -0.2) is 8.42 Å². The Hall–Kier alpha value is -2.88. The minimum absolute atomic E-state index is 0.0715. The van der Waals surface area contributed by atoms with E-state index in [4.69, 9.17) is 11.6 Å². The number of halogens is 2. The number of amides is 2. The molecule has 0 aliphatic rings. The summed E-state index contributed by atoms with van der Waals surface area (Å²) in [6, 6.07) is 22.3. The summed E-state index contributed by atoms with van der Waals surface area (Å²) in [5, 5.41) is 3.46. The summed E-state index contributed by atoms with van der Waals surface area (Å²) < 4.78 is 27.4. The lowest BCUT2D eigenvalue weighted by Crippen LogP contribution is -2.53. The van der Waals surface area contributed by atoms with Crippen molar-refractivity contribution in [1.82, 2.24) is 10.2 Å². The van der Waals surface area contributed by atoms with E-state index in [1.807, 2.05) is 50.2 Å². The number of nitrogens with one attached hydrogen (secondary N) is 1. The molecule has 0 radical (unpaired) electrons. The van der Waals surface area contributed by atoms with Gasteiger partial charge in [-0.1, -0.05) is 89.9 Å². The molecule has 3 rings (SSSR count). The molecule has 2 amide bonds. The lowest BCUT2D eigenvalue weighted by atomic mass is 10.0. The predicted octanol–water partition coefficient (Wildman–Crippen LogP) is 5.28. The zero-order valence-corrected chi connectivity index (χ0v) is 25.3. The van der Waals surface area contributed by atoms with Crippen molar-refractivity contribution in [3.8, 4) is 0 Å². The fraction of sp³-hybridized carbons (Fsp3) is 0.310. The van der Waals surface area contributed by atoms with Crippen LogP contribution >= 0.6 is 27.5 Å². The van der Waals surface area contributed by atoms with Gasteiger partial charge in [0.25, 0.3) is 0 Å². The maximum absolute atomic E-state index is 14.0. The third-order valence-corrected chi connectivity index (χ3v) is 7.84. The molecule has 0 aliphatic heterocycles. The van der Waals surface area contributed by atoms with E-state index in [2.05, 4.69) is 21.2 Å². The van der Waals surface area contributed by atoms with Gasteiger partial charge < -0.3 is 10.2 Å². The van der Waals surface area contributed by atoms with Crippen molar-refractivity contribution < 1.29 is 18.0 Å². The molecule has 0 unspecified atom stereocenters. The Morgan fingerprint density at radius 1 is 0.949 bits per heavy atom. The quantitative estimate of drug-likeness (QED) is 0.294. The molecule has 0 heterocycles. The highest BCUT2D eigenvalue weighted by Gasteiger charge is 2.33. The molecule has 0 aromatic heterocycles. The van der Waals surface area contributed by atoms with Gasteiger partial charge in [0.05, 0.1) is 11.9 Å². The topological polar surface area (TPSA) is 86.8 Å². The molecule has 0 saturated carbocycles. The van der Waals surface area contributed by atoms with E-state index in [-0.39, 0.29) is 24.8 Å². The number of hydrogen-bond donors (Lipinski definition) is 1. The molecular weight excluding hydrogens is 602 g/mol. The van der Waals surface area contributed by atoms with Gasteiger partial charge >= 0.3 is 0 Å². The van der Waals surface area contributed by atoms with Crippen LogP contribution in [0.15, 0.2) is 83.3 Å².